The second kappa shape index (κ2) is 18.8. The van der Waals surface area contributed by atoms with Crippen LogP contribution in [0.1, 0.15) is 97.3 Å². The molecule has 3 aromatic rings. The van der Waals surface area contributed by atoms with Gasteiger partial charge in [-0.15, -0.1) is 0 Å². The molecule has 0 atom stereocenters. The fourth-order valence-electron chi connectivity index (χ4n) is 5.10. The van der Waals surface area contributed by atoms with E-state index in [1.54, 1.807) is 0 Å². The molecule has 0 aliphatic carbocycles. The number of benzene rings is 2. The first kappa shape index (κ1) is 40.8. The van der Waals surface area contributed by atoms with E-state index in [0.29, 0.717) is 16.9 Å². The van der Waals surface area contributed by atoms with Gasteiger partial charge >= 0.3 is 0 Å². The fraction of sp³-hybridized carbons (Fsp3) is 0.550. The molecule has 2 heterocycles. The summed E-state index contributed by atoms with van der Waals surface area (Å²) >= 11 is 0. The molecule has 46 heavy (non-hydrogen) atoms. The highest BCUT2D eigenvalue weighted by atomic mass is 16.1. The highest BCUT2D eigenvalue weighted by Gasteiger charge is 2.15. The molecule has 0 unspecified atom stereocenters. The molecule has 1 aromatic heterocycles. The number of piperazine rings is 1. The van der Waals surface area contributed by atoms with Gasteiger partial charge in [-0.1, -0.05) is 101 Å². The average molecular weight is 632 g/mol. The Labute approximate surface area is 282 Å². The first-order chi connectivity index (χ1) is 20.6. The molecule has 1 amide bonds. The number of hydrogen-bond donors (Lipinski definition) is 2. The molecule has 0 spiro atoms. The lowest BCUT2D eigenvalue weighted by atomic mass is 9.88. The number of likely N-dealkylation sites (N-methyl/N-ethyl adjacent to an activating group) is 1. The Bertz CT molecular complexity index is 1260. The predicted octanol–water partition coefficient (Wildman–Crippen LogP) is 9.29. The lowest BCUT2D eigenvalue weighted by molar-refractivity contribution is 0.102. The molecule has 0 saturated carbocycles. The second-order valence-electron chi connectivity index (χ2n) is 15.2. The SMILES string of the molecule is C.C.CC(C)CNc1ccc(CC(C)(C)C)cn1.CN1CCN(Cc2ccc(C(=O)Nc3ccc(CC(C)(C)C)cc3)cc2)CC1. The molecule has 6 nitrogen and oxygen atoms in total. The maximum Gasteiger partial charge on any atom is 0.255 e. The molecule has 2 aromatic carbocycles. The Kier molecular flexibility index (Phi) is 16.7. The maximum atomic E-state index is 12.5. The molecule has 0 radical (unpaired) electrons. The van der Waals surface area contributed by atoms with Crippen molar-refractivity contribution in [3.05, 3.63) is 89.1 Å². The third-order valence-corrected chi connectivity index (χ3v) is 7.42. The third-order valence-electron chi connectivity index (χ3n) is 7.42. The summed E-state index contributed by atoms with van der Waals surface area (Å²) in [6.07, 6.45) is 4.08. The minimum Gasteiger partial charge on any atom is -0.370 e. The van der Waals surface area contributed by atoms with E-state index in [-0.39, 0.29) is 26.2 Å². The largest absolute Gasteiger partial charge is 0.370 e. The fourth-order valence-corrected chi connectivity index (χ4v) is 5.10. The van der Waals surface area contributed by atoms with Gasteiger partial charge in [-0.3, -0.25) is 9.69 Å². The monoisotopic (exact) mass is 632 g/mol. The second-order valence-corrected chi connectivity index (χ2v) is 15.2. The Morgan fingerprint density at radius 2 is 1.28 bits per heavy atom. The number of amides is 1. The number of nitrogens with zero attached hydrogens (tertiary/aromatic N) is 3. The molecule has 1 aliphatic rings. The summed E-state index contributed by atoms with van der Waals surface area (Å²) < 4.78 is 0. The smallest absolute Gasteiger partial charge is 0.255 e. The van der Waals surface area contributed by atoms with E-state index < -0.39 is 0 Å². The number of rotatable bonds is 9. The number of carbonyl (C=O) groups excluding carboxylic acids is 1. The summed E-state index contributed by atoms with van der Waals surface area (Å²) in [4.78, 5) is 21.8. The summed E-state index contributed by atoms with van der Waals surface area (Å²) in [5.74, 6) is 1.57. The topological polar surface area (TPSA) is 60.5 Å². The maximum absolute atomic E-state index is 12.5. The van der Waals surface area contributed by atoms with Gasteiger partial charge in [-0.2, -0.15) is 0 Å². The number of nitrogens with one attached hydrogen (secondary N) is 2. The average Bonchev–Trinajstić information content (AvgIpc) is 2.94. The van der Waals surface area contributed by atoms with Crippen molar-refractivity contribution in [1.82, 2.24) is 14.8 Å². The molecule has 1 aliphatic heterocycles. The van der Waals surface area contributed by atoms with Crippen molar-refractivity contribution in [3.8, 4) is 0 Å². The van der Waals surface area contributed by atoms with Crippen molar-refractivity contribution < 1.29 is 4.79 Å². The van der Waals surface area contributed by atoms with Gasteiger partial charge in [-0.25, -0.2) is 4.98 Å². The first-order valence-corrected chi connectivity index (χ1v) is 16.2. The van der Waals surface area contributed by atoms with Gasteiger partial charge in [-0.05, 0) is 83.7 Å². The standard InChI is InChI=1S/C24H33N3O.C14H24N2.2CH4/c1-24(2,3)17-19-7-11-22(12-8-19)25-23(28)21-9-5-20(6-10-21)18-27-15-13-26(4)14-16-27;1-11(2)9-15-13-7-6-12(10-16-13)8-14(3,4)5;;/h5-12H,13-18H2,1-4H3,(H,25,28);6-7,10-11H,8-9H2,1-5H3,(H,15,16);2*1H4. The number of anilines is 2. The molecule has 2 N–H and O–H groups in total. The first-order valence-electron chi connectivity index (χ1n) is 16.2. The molecule has 1 fully saturated rings. The Morgan fingerprint density at radius 3 is 1.78 bits per heavy atom. The minimum absolute atomic E-state index is 0. The van der Waals surface area contributed by atoms with Crippen LogP contribution >= 0.6 is 0 Å². The van der Waals surface area contributed by atoms with E-state index in [1.165, 1.54) is 16.7 Å². The Balaban J connectivity index is 0.000000506. The highest BCUT2D eigenvalue weighted by molar-refractivity contribution is 6.04. The Morgan fingerprint density at radius 1 is 0.761 bits per heavy atom. The molecule has 4 rings (SSSR count). The summed E-state index contributed by atoms with van der Waals surface area (Å²) in [5.41, 5.74) is 5.98. The van der Waals surface area contributed by atoms with E-state index >= 15 is 0 Å². The minimum atomic E-state index is -0.0604. The van der Waals surface area contributed by atoms with Crippen LogP contribution in [0, 0.1) is 16.7 Å². The van der Waals surface area contributed by atoms with E-state index in [4.69, 9.17) is 0 Å². The molecular formula is C40H65N5O. The van der Waals surface area contributed by atoms with Crippen LogP contribution in [0.2, 0.25) is 0 Å². The van der Waals surface area contributed by atoms with Crippen molar-refractivity contribution >= 4 is 17.4 Å². The zero-order chi connectivity index (χ0) is 32.3. The van der Waals surface area contributed by atoms with Gasteiger partial charge in [0, 0.05) is 56.7 Å². The van der Waals surface area contributed by atoms with Crippen LogP contribution < -0.4 is 10.6 Å². The Hall–Kier alpha value is -3.22. The van der Waals surface area contributed by atoms with E-state index in [9.17, 15) is 4.79 Å². The third kappa shape index (κ3) is 15.9. The van der Waals surface area contributed by atoms with Crippen LogP contribution in [0.4, 0.5) is 11.5 Å². The quantitative estimate of drug-likeness (QED) is 0.247. The van der Waals surface area contributed by atoms with Crippen molar-refractivity contribution in [3.63, 3.8) is 0 Å². The predicted molar refractivity (Wildman–Crippen MR) is 201 cm³/mol. The van der Waals surface area contributed by atoms with Crippen LogP contribution in [-0.2, 0) is 19.4 Å². The molecule has 1 saturated heterocycles. The lowest BCUT2D eigenvalue weighted by Crippen LogP contribution is -2.43. The number of aromatic nitrogens is 1. The zero-order valence-corrected chi connectivity index (χ0v) is 28.8. The van der Waals surface area contributed by atoms with Gasteiger partial charge in [0.05, 0.1) is 0 Å². The van der Waals surface area contributed by atoms with Gasteiger partial charge in [0.15, 0.2) is 0 Å². The van der Waals surface area contributed by atoms with E-state index in [2.05, 4.69) is 124 Å². The molecule has 256 valence electrons. The van der Waals surface area contributed by atoms with E-state index in [1.807, 2.05) is 30.5 Å². The van der Waals surface area contributed by atoms with E-state index in [0.717, 1.165) is 63.6 Å². The van der Waals surface area contributed by atoms with Gasteiger partial charge in [0.25, 0.3) is 5.91 Å². The normalized spacial score (nSPS) is 14.0. The summed E-state index contributed by atoms with van der Waals surface area (Å²) in [6.45, 7) is 24.2. The number of pyridine rings is 1. The van der Waals surface area contributed by atoms with Crippen LogP contribution in [-0.4, -0.2) is 60.5 Å². The van der Waals surface area contributed by atoms with Crippen LogP contribution in [0.15, 0.2) is 66.9 Å². The number of carbonyl (C=O) groups is 1. The van der Waals surface area contributed by atoms with Crippen LogP contribution in [0.25, 0.3) is 0 Å². The number of hydrogen-bond acceptors (Lipinski definition) is 5. The van der Waals surface area contributed by atoms with Crippen LogP contribution in [0.5, 0.6) is 0 Å². The summed E-state index contributed by atoms with van der Waals surface area (Å²) in [7, 11) is 2.17. The highest BCUT2D eigenvalue weighted by Crippen LogP contribution is 2.22. The van der Waals surface area contributed by atoms with Crippen molar-refractivity contribution in [2.75, 3.05) is 50.4 Å². The van der Waals surface area contributed by atoms with Gasteiger partial charge in [0.1, 0.15) is 5.82 Å². The van der Waals surface area contributed by atoms with Crippen molar-refractivity contribution in [2.45, 2.75) is 89.6 Å². The van der Waals surface area contributed by atoms with Crippen molar-refractivity contribution in [1.29, 1.82) is 0 Å². The molecular weight excluding hydrogens is 566 g/mol. The summed E-state index contributed by atoms with van der Waals surface area (Å²) in [5, 5.41) is 6.32. The zero-order valence-electron chi connectivity index (χ0n) is 28.8. The molecule has 6 heteroatoms. The van der Waals surface area contributed by atoms with Crippen LogP contribution in [0.3, 0.4) is 0 Å². The van der Waals surface area contributed by atoms with Gasteiger partial charge in [0.2, 0.25) is 0 Å². The summed E-state index contributed by atoms with van der Waals surface area (Å²) in [6, 6.07) is 20.4. The van der Waals surface area contributed by atoms with Crippen molar-refractivity contribution in [2.24, 2.45) is 16.7 Å². The van der Waals surface area contributed by atoms with Gasteiger partial charge < -0.3 is 15.5 Å². The lowest BCUT2D eigenvalue weighted by Gasteiger charge is -2.32. The molecule has 0 bridgehead atoms.